The second-order valence-electron chi connectivity index (χ2n) is 7.31. The summed E-state index contributed by atoms with van der Waals surface area (Å²) in [4.78, 5) is 12.0. The lowest BCUT2D eigenvalue weighted by molar-refractivity contribution is -0.177. The molecule has 0 aliphatic rings. The van der Waals surface area contributed by atoms with Gasteiger partial charge < -0.3 is 10.5 Å². The number of rotatable bonds is 14. The van der Waals surface area contributed by atoms with Gasteiger partial charge in [0.05, 0.1) is 12.5 Å². The second kappa shape index (κ2) is 13.4. The molecule has 0 unspecified atom stereocenters. The van der Waals surface area contributed by atoms with Crippen LogP contribution in [-0.2, 0) is 9.53 Å². The van der Waals surface area contributed by atoms with Crippen molar-refractivity contribution >= 4 is 5.97 Å². The summed E-state index contributed by atoms with van der Waals surface area (Å²) in [5.74, 6) is -2.04. The first-order valence-corrected chi connectivity index (χ1v) is 9.69. The zero-order valence-corrected chi connectivity index (χ0v) is 16.0. The SMILES string of the molecule is CCCCCCCCCCC[C@@H](C(=O)OCC(C)C)[C@@H](N)C(F)(F)F. The van der Waals surface area contributed by atoms with Crippen molar-refractivity contribution in [2.75, 3.05) is 6.61 Å². The lowest BCUT2D eigenvalue weighted by Gasteiger charge is -2.24. The Kier molecular flexibility index (Phi) is 13.0. The molecule has 0 fully saturated rings. The van der Waals surface area contributed by atoms with E-state index in [0.717, 1.165) is 19.3 Å². The van der Waals surface area contributed by atoms with Gasteiger partial charge in [-0.2, -0.15) is 13.2 Å². The van der Waals surface area contributed by atoms with Crippen LogP contribution >= 0.6 is 0 Å². The van der Waals surface area contributed by atoms with Gasteiger partial charge >= 0.3 is 12.1 Å². The van der Waals surface area contributed by atoms with Gasteiger partial charge in [0.1, 0.15) is 6.04 Å². The van der Waals surface area contributed by atoms with Crippen molar-refractivity contribution in [3.8, 4) is 0 Å². The maximum atomic E-state index is 12.9. The summed E-state index contributed by atoms with van der Waals surface area (Å²) < 4.78 is 43.7. The zero-order chi connectivity index (χ0) is 19.3. The first kappa shape index (κ1) is 24.2. The van der Waals surface area contributed by atoms with Crippen LogP contribution in [-0.4, -0.2) is 24.8 Å². The molecule has 0 spiro atoms. The molecule has 0 bridgehead atoms. The van der Waals surface area contributed by atoms with E-state index in [1.165, 1.54) is 32.1 Å². The highest BCUT2D eigenvalue weighted by Gasteiger charge is 2.45. The molecule has 0 aromatic heterocycles. The molecule has 0 radical (unpaired) electrons. The average Bonchev–Trinajstić information content (AvgIpc) is 2.53. The Balaban J connectivity index is 4.21. The maximum Gasteiger partial charge on any atom is 0.404 e. The van der Waals surface area contributed by atoms with E-state index in [2.05, 4.69) is 6.92 Å². The monoisotopic (exact) mass is 367 g/mol. The number of ether oxygens (including phenoxy) is 1. The van der Waals surface area contributed by atoms with E-state index in [4.69, 9.17) is 10.5 Å². The van der Waals surface area contributed by atoms with Crippen molar-refractivity contribution in [2.24, 2.45) is 17.6 Å². The summed E-state index contributed by atoms with van der Waals surface area (Å²) in [6, 6.07) is -2.15. The summed E-state index contributed by atoms with van der Waals surface area (Å²) >= 11 is 0. The molecule has 25 heavy (non-hydrogen) atoms. The van der Waals surface area contributed by atoms with Crippen LogP contribution in [0.3, 0.4) is 0 Å². The van der Waals surface area contributed by atoms with Gasteiger partial charge in [-0.25, -0.2) is 0 Å². The largest absolute Gasteiger partial charge is 0.465 e. The first-order valence-electron chi connectivity index (χ1n) is 9.69. The fraction of sp³-hybridized carbons (Fsp3) is 0.947. The zero-order valence-electron chi connectivity index (χ0n) is 16.0. The van der Waals surface area contributed by atoms with Gasteiger partial charge in [0.2, 0.25) is 0 Å². The topological polar surface area (TPSA) is 52.3 Å². The van der Waals surface area contributed by atoms with Gasteiger partial charge in [0.15, 0.2) is 0 Å². The van der Waals surface area contributed by atoms with E-state index in [1.807, 2.05) is 13.8 Å². The average molecular weight is 367 g/mol. The van der Waals surface area contributed by atoms with Gasteiger partial charge in [0, 0.05) is 0 Å². The summed E-state index contributed by atoms with van der Waals surface area (Å²) in [5, 5.41) is 0. The minimum Gasteiger partial charge on any atom is -0.465 e. The Morgan fingerprint density at radius 2 is 1.44 bits per heavy atom. The lowest BCUT2D eigenvalue weighted by Crippen LogP contribution is -2.47. The number of carbonyl (C=O) groups excluding carboxylic acids is 1. The third kappa shape index (κ3) is 12.2. The highest BCUT2D eigenvalue weighted by Crippen LogP contribution is 2.28. The molecule has 0 heterocycles. The van der Waals surface area contributed by atoms with Crippen LogP contribution in [0.5, 0.6) is 0 Å². The fourth-order valence-corrected chi connectivity index (χ4v) is 2.70. The van der Waals surface area contributed by atoms with Crippen molar-refractivity contribution in [3.05, 3.63) is 0 Å². The van der Waals surface area contributed by atoms with Crippen LogP contribution < -0.4 is 5.73 Å². The third-order valence-electron chi connectivity index (χ3n) is 4.29. The molecule has 2 atom stereocenters. The van der Waals surface area contributed by atoms with Crippen LogP contribution in [0.25, 0.3) is 0 Å². The van der Waals surface area contributed by atoms with Gasteiger partial charge in [-0.15, -0.1) is 0 Å². The van der Waals surface area contributed by atoms with Crippen molar-refractivity contribution in [1.29, 1.82) is 0 Å². The van der Waals surface area contributed by atoms with Crippen LogP contribution in [0.4, 0.5) is 13.2 Å². The number of esters is 1. The molecular formula is C19H36F3NO2. The fourth-order valence-electron chi connectivity index (χ4n) is 2.70. The molecule has 0 rings (SSSR count). The molecule has 2 N–H and O–H groups in total. The quantitative estimate of drug-likeness (QED) is 0.320. The molecule has 6 heteroatoms. The predicted molar refractivity (Wildman–Crippen MR) is 95.2 cm³/mol. The smallest absolute Gasteiger partial charge is 0.404 e. The lowest BCUT2D eigenvalue weighted by atomic mass is 9.93. The number of carbonyl (C=O) groups is 1. The molecule has 3 nitrogen and oxygen atoms in total. The van der Waals surface area contributed by atoms with Crippen molar-refractivity contribution in [3.63, 3.8) is 0 Å². The van der Waals surface area contributed by atoms with Crippen LogP contribution in [0.1, 0.15) is 85.0 Å². The second-order valence-corrected chi connectivity index (χ2v) is 7.31. The van der Waals surface area contributed by atoms with Crippen LogP contribution in [0, 0.1) is 11.8 Å². The number of nitrogens with two attached hydrogens (primary N) is 1. The Morgan fingerprint density at radius 3 is 1.88 bits per heavy atom. The van der Waals surface area contributed by atoms with Gasteiger partial charge in [-0.05, 0) is 12.3 Å². The van der Waals surface area contributed by atoms with Gasteiger partial charge in [0.25, 0.3) is 0 Å². The Hall–Kier alpha value is -0.780. The highest BCUT2D eigenvalue weighted by molar-refractivity contribution is 5.73. The minimum absolute atomic E-state index is 0.0828. The molecule has 0 amide bonds. The summed E-state index contributed by atoms with van der Waals surface area (Å²) in [6.07, 6.45) is 5.14. The van der Waals surface area contributed by atoms with E-state index >= 15 is 0 Å². The van der Waals surface area contributed by atoms with E-state index in [9.17, 15) is 18.0 Å². The Bertz CT molecular complexity index is 346. The number of hydrogen-bond donors (Lipinski definition) is 1. The molecule has 0 saturated carbocycles. The van der Waals surface area contributed by atoms with E-state index < -0.39 is 24.1 Å². The first-order chi connectivity index (χ1) is 11.7. The predicted octanol–water partition coefficient (Wildman–Crippen LogP) is 5.61. The van der Waals surface area contributed by atoms with E-state index in [0.29, 0.717) is 6.42 Å². The Labute approximate surface area is 150 Å². The number of hydrogen-bond acceptors (Lipinski definition) is 3. The standard InChI is InChI=1S/C19H36F3NO2/c1-4-5-6-7-8-9-10-11-12-13-16(17(23)19(20,21)22)18(24)25-14-15(2)3/h15-17H,4-14,23H2,1-3H3/t16-,17-/m1/s1. The third-order valence-corrected chi connectivity index (χ3v) is 4.29. The summed E-state index contributed by atoms with van der Waals surface area (Å²) in [7, 11) is 0. The van der Waals surface area contributed by atoms with Gasteiger partial charge in [-0.3, -0.25) is 4.79 Å². The van der Waals surface area contributed by atoms with Crippen LogP contribution in [0.2, 0.25) is 0 Å². The number of unbranched alkanes of at least 4 members (excludes halogenated alkanes) is 8. The van der Waals surface area contributed by atoms with E-state index in [1.54, 1.807) is 0 Å². The van der Waals surface area contributed by atoms with Crippen LogP contribution in [0.15, 0.2) is 0 Å². The van der Waals surface area contributed by atoms with E-state index in [-0.39, 0.29) is 18.9 Å². The maximum absolute atomic E-state index is 12.9. The van der Waals surface area contributed by atoms with Crippen molar-refractivity contribution < 1.29 is 22.7 Å². The normalized spacial score (nSPS) is 14.6. The molecular weight excluding hydrogens is 331 g/mol. The molecule has 150 valence electrons. The molecule has 0 aromatic rings. The molecule has 0 saturated heterocycles. The minimum atomic E-state index is -4.58. The highest BCUT2D eigenvalue weighted by atomic mass is 19.4. The summed E-state index contributed by atoms with van der Waals surface area (Å²) in [6.45, 7) is 5.98. The molecule has 0 aromatic carbocycles. The van der Waals surface area contributed by atoms with Crippen molar-refractivity contribution in [1.82, 2.24) is 0 Å². The molecule has 0 aliphatic heterocycles. The Morgan fingerprint density at radius 1 is 0.960 bits per heavy atom. The number of halogens is 3. The summed E-state index contributed by atoms with van der Waals surface area (Å²) in [5.41, 5.74) is 5.29. The number of alkyl halides is 3. The van der Waals surface area contributed by atoms with Gasteiger partial charge in [-0.1, -0.05) is 78.6 Å². The van der Waals surface area contributed by atoms with Crippen molar-refractivity contribution in [2.45, 2.75) is 97.2 Å². The molecule has 0 aliphatic carbocycles.